The lowest BCUT2D eigenvalue weighted by atomic mass is 10.2. The van der Waals surface area contributed by atoms with Crippen molar-refractivity contribution in [1.82, 2.24) is 9.97 Å². The number of aromatic hydroxyl groups is 1. The Balaban J connectivity index is 3.29. The van der Waals surface area contributed by atoms with Crippen molar-refractivity contribution in [2.75, 3.05) is 0 Å². The van der Waals surface area contributed by atoms with Gasteiger partial charge in [0.25, 0.3) is 0 Å². The first-order chi connectivity index (χ1) is 6.93. The largest absolute Gasteiger partial charge is 0.492 e. The van der Waals surface area contributed by atoms with E-state index in [4.69, 9.17) is 4.55 Å². The summed E-state index contributed by atoms with van der Waals surface area (Å²) < 4.78 is 19.7. The van der Waals surface area contributed by atoms with E-state index in [0.29, 0.717) is 11.3 Å². The van der Waals surface area contributed by atoms with E-state index >= 15 is 0 Å². The number of rotatable bonds is 2. The van der Waals surface area contributed by atoms with Crippen molar-refractivity contribution in [2.45, 2.75) is 20.8 Å². The van der Waals surface area contributed by atoms with Gasteiger partial charge in [-0.15, -0.1) is 0 Å². The van der Waals surface area contributed by atoms with Crippen LogP contribution in [0.2, 0.25) is 0 Å². The standard InChI is InChI=1S/C9H12N2O3S/c1-5-4-10-8(9(12)11-5)6(2)7(3)15(13)14/h4H,1-3H3,(H,11,12)(H,13,14)/b7-6+. The summed E-state index contributed by atoms with van der Waals surface area (Å²) in [4.78, 5) is 8.03. The summed E-state index contributed by atoms with van der Waals surface area (Å²) in [6.07, 6.45) is 1.49. The predicted octanol–water partition coefficient (Wildman–Crippen LogP) is 1.46. The second kappa shape index (κ2) is 4.50. The number of nitrogens with zero attached hydrogens (tertiary/aromatic N) is 2. The van der Waals surface area contributed by atoms with Gasteiger partial charge in [-0.05, 0) is 26.3 Å². The highest BCUT2D eigenvalue weighted by atomic mass is 32.2. The molecule has 0 spiro atoms. The minimum atomic E-state index is -2.05. The molecule has 1 heterocycles. The Kier molecular flexibility index (Phi) is 3.54. The van der Waals surface area contributed by atoms with Crippen molar-refractivity contribution in [3.8, 4) is 5.88 Å². The molecule has 0 aliphatic carbocycles. The topological polar surface area (TPSA) is 83.3 Å². The number of hydrogen-bond acceptors (Lipinski definition) is 4. The molecule has 6 heteroatoms. The normalized spacial score (nSPS) is 14.7. The monoisotopic (exact) mass is 228 g/mol. The third-order valence-electron chi connectivity index (χ3n) is 2.02. The van der Waals surface area contributed by atoms with Crippen LogP contribution >= 0.6 is 0 Å². The van der Waals surface area contributed by atoms with Gasteiger partial charge >= 0.3 is 0 Å². The van der Waals surface area contributed by atoms with Gasteiger partial charge in [0.05, 0.1) is 5.69 Å². The first kappa shape index (κ1) is 11.8. The first-order valence-electron chi connectivity index (χ1n) is 4.24. The van der Waals surface area contributed by atoms with Crippen molar-refractivity contribution in [2.24, 2.45) is 0 Å². The smallest absolute Gasteiger partial charge is 0.238 e. The summed E-state index contributed by atoms with van der Waals surface area (Å²) in [6, 6.07) is 0. The van der Waals surface area contributed by atoms with Crippen LogP contribution in [0.5, 0.6) is 5.88 Å². The van der Waals surface area contributed by atoms with Crippen molar-refractivity contribution < 1.29 is 13.9 Å². The second-order valence-corrected chi connectivity index (χ2v) is 4.22. The van der Waals surface area contributed by atoms with Crippen LogP contribution in [0.4, 0.5) is 0 Å². The van der Waals surface area contributed by atoms with Gasteiger partial charge in [-0.3, -0.25) is 0 Å². The zero-order valence-corrected chi connectivity index (χ0v) is 9.50. The van der Waals surface area contributed by atoms with Crippen molar-refractivity contribution in [1.29, 1.82) is 0 Å². The molecule has 0 fully saturated rings. The van der Waals surface area contributed by atoms with Gasteiger partial charge in [0, 0.05) is 11.1 Å². The minimum Gasteiger partial charge on any atom is -0.492 e. The van der Waals surface area contributed by atoms with Gasteiger partial charge in [0.1, 0.15) is 5.69 Å². The lowest BCUT2D eigenvalue weighted by molar-refractivity contribution is 0.446. The van der Waals surface area contributed by atoms with Crippen LogP contribution in [0.1, 0.15) is 25.2 Å². The predicted molar refractivity (Wildman–Crippen MR) is 57.5 cm³/mol. The maximum absolute atomic E-state index is 10.8. The lowest BCUT2D eigenvalue weighted by Gasteiger charge is -2.05. The molecule has 0 aliphatic heterocycles. The number of allylic oxidation sites excluding steroid dienone is 2. The highest BCUT2D eigenvalue weighted by Gasteiger charge is 2.11. The third-order valence-corrected chi connectivity index (χ3v) is 2.85. The number of aryl methyl sites for hydroxylation is 1. The average Bonchev–Trinajstić information content (AvgIpc) is 2.15. The van der Waals surface area contributed by atoms with Crippen LogP contribution in [-0.4, -0.2) is 23.8 Å². The summed E-state index contributed by atoms with van der Waals surface area (Å²) in [5, 5.41) is 9.50. The summed E-state index contributed by atoms with van der Waals surface area (Å²) in [6.45, 7) is 4.82. The molecule has 1 rings (SSSR count). The molecule has 82 valence electrons. The van der Waals surface area contributed by atoms with Gasteiger partial charge in [-0.25, -0.2) is 14.2 Å². The highest BCUT2D eigenvalue weighted by Crippen LogP contribution is 2.24. The van der Waals surface area contributed by atoms with Crippen LogP contribution < -0.4 is 0 Å². The van der Waals surface area contributed by atoms with Crippen molar-refractivity contribution in [3.63, 3.8) is 0 Å². The Hall–Kier alpha value is -1.27. The Morgan fingerprint density at radius 3 is 2.53 bits per heavy atom. The van der Waals surface area contributed by atoms with Crippen LogP contribution in [0.3, 0.4) is 0 Å². The fraction of sp³-hybridized carbons (Fsp3) is 0.333. The van der Waals surface area contributed by atoms with E-state index < -0.39 is 11.1 Å². The van der Waals surface area contributed by atoms with Crippen LogP contribution in [0, 0.1) is 6.92 Å². The van der Waals surface area contributed by atoms with E-state index in [1.165, 1.54) is 13.1 Å². The molecule has 0 radical (unpaired) electrons. The van der Waals surface area contributed by atoms with Gasteiger partial charge < -0.3 is 9.66 Å². The third kappa shape index (κ3) is 2.60. The molecule has 2 N–H and O–H groups in total. The van der Waals surface area contributed by atoms with Gasteiger partial charge in [-0.1, -0.05) is 0 Å². The Bertz CT molecular complexity index is 443. The molecule has 1 aromatic heterocycles. The number of hydrogen-bond donors (Lipinski definition) is 2. The molecule has 5 nitrogen and oxygen atoms in total. The maximum Gasteiger partial charge on any atom is 0.238 e. The Morgan fingerprint density at radius 1 is 1.47 bits per heavy atom. The quantitative estimate of drug-likeness (QED) is 0.749. The van der Waals surface area contributed by atoms with E-state index in [9.17, 15) is 9.32 Å². The average molecular weight is 228 g/mol. The molecule has 15 heavy (non-hydrogen) atoms. The fourth-order valence-corrected chi connectivity index (χ4v) is 1.39. The molecule has 1 atom stereocenters. The van der Waals surface area contributed by atoms with Gasteiger partial charge in [0.15, 0.2) is 11.1 Å². The SMILES string of the molecule is C/C(=C(/C)S(=O)O)c1ncc(C)nc1O. The van der Waals surface area contributed by atoms with E-state index in [1.807, 2.05) is 0 Å². The Labute approximate surface area is 90.2 Å². The van der Waals surface area contributed by atoms with Crippen LogP contribution in [0.25, 0.3) is 5.57 Å². The molecule has 0 saturated heterocycles. The molecule has 0 aliphatic rings. The molecular formula is C9H12N2O3S. The fourth-order valence-electron chi connectivity index (χ4n) is 1.03. The summed E-state index contributed by atoms with van der Waals surface area (Å²) in [5.41, 5.74) is 1.29. The molecular weight excluding hydrogens is 216 g/mol. The van der Waals surface area contributed by atoms with Gasteiger partial charge in [-0.2, -0.15) is 0 Å². The zero-order valence-electron chi connectivity index (χ0n) is 8.68. The molecule has 1 aromatic rings. The van der Waals surface area contributed by atoms with E-state index in [0.717, 1.165) is 0 Å². The molecule has 0 amide bonds. The first-order valence-corrected chi connectivity index (χ1v) is 5.35. The van der Waals surface area contributed by atoms with E-state index in [1.54, 1.807) is 13.8 Å². The van der Waals surface area contributed by atoms with Crippen LogP contribution in [-0.2, 0) is 11.1 Å². The highest BCUT2D eigenvalue weighted by molar-refractivity contribution is 7.83. The Morgan fingerprint density at radius 2 is 2.07 bits per heavy atom. The van der Waals surface area contributed by atoms with Crippen molar-refractivity contribution in [3.05, 3.63) is 22.5 Å². The van der Waals surface area contributed by atoms with Crippen LogP contribution in [0.15, 0.2) is 11.1 Å². The number of aromatic nitrogens is 2. The summed E-state index contributed by atoms with van der Waals surface area (Å²) in [5.74, 6) is -0.225. The van der Waals surface area contributed by atoms with E-state index in [-0.39, 0.29) is 16.5 Å². The molecule has 0 aromatic carbocycles. The van der Waals surface area contributed by atoms with E-state index in [2.05, 4.69) is 9.97 Å². The second-order valence-electron chi connectivity index (χ2n) is 3.11. The maximum atomic E-state index is 10.8. The summed E-state index contributed by atoms with van der Waals surface area (Å²) in [7, 11) is 0. The summed E-state index contributed by atoms with van der Waals surface area (Å²) >= 11 is -2.05. The van der Waals surface area contributed by atoms with Crippen molar-refractivity contribution >= 4 is 16.7 Å². The zero-order chi connectivity index (χ0) is 11.6. The van der Waals surface area contributed by atoms with Gasteiger partial charge in [0.2, 0.25) is 5.88 Å². The minimum absolute atomic E-state index is 0.225. The molecule has 0 saturated carbocycles. The lowest BCUT2D eigenvalue weighted by Crippen LogP contribution is -1.97. The molecule has 0 bridgehead atoms. The molecule has 1 unspecified atom stereocenters.